The molecule has 0 aliphatic rings. The highest BCUT2D eigenvalue weighted by molar-refractivity contribution is 5.66. The molecule has 1 aromatic carbocycles. The Balaban J connectivity index is 2.06. The predicted octanol–water partition coefficient (Wildman–Crippen LogP) is 5.06. The zero-order valence-electron chi connectivity index (χ0n) is 14.6. The lowest BCUT2D eigenvalue weighted by Crippen LogP contribution is -2.18. The SMILES string of the molecule is CCCCCCCCCCOc1ccc(COC(=O)NC)cc1. The van der Waals surface area contributed by atoms with E-state index in [0.717, 1.165) is 24.3 Å². The molecule has 0 fully saturated rings. The van der Waals surface area contributed by atoms with Crippen LogP contribution in [0.3, 0.4) is 0 Å². The molecule has 1 aromatic rings. The number of amides is 1. The molecule has 0 saturated carbocycles. The standard InChI is InChI=1S/C19H31NO3/c1-3-4-5-6-7-8-9-10-15-22-18-13-11-17(12-14-18)16-23-19(21)20-2/h11-14H,3-10,15-16H2,1-2H3,(H,20,21). The maximum Gasteiger partial charge on any atom is 0.407 e. The normalized spacial score (nSPS) is 10.3. The van der Waals surface area contributed by atoms with E-state index in [4.69, 9.17) is 9.47 Å². The topological polar surface area (TPSA) is 47.6 Å². The maximum atomic E-state index is 11.0. The van der Waals surface area contributed by atoms with Crippen molar-refractivity contribution in [2.24, 2.45) is 0 Å². The lowest BCUT2D eigenvalue weighted by atomic mass is 10.1. The van der Waals surface area contributed by atoms with Crippen LogP contribution in [0.2, 0.25) is 0 Å². The Morgan fingerprint density at radius 3 is 2.17 bits per heavy atom. The van der Waals surface area contributed by atoms with Gasteiger partial charge in [-0.25, -0.2) is 4.79 Å². The molecule has 0 atom stereocenters. The summed E-state index contributed by atoms with van der Waals surface area (Å²) < 4.78 is 10.7. The van der Waals surface area contributed by atoms with Crippen LogP contribution >= 0.6 is 0 Å². The fraction of sp³-hybridized carbons (Fsp3) is 0.632. The van der Waals surface area contributed by atoms with E-state index in [2.05, 4.69) is 12.2 Å². The number of unbranched alkanes of at least 4 members (excludes halogenated alkanes) is 7. The molecule has 1 rings (SSSR count). The second-order valence-electron chi connectivity index (χ2n) is 5.79. The summed E-state index contributed by atoms with van der Waals surface area (Å²) in [5.74, 6) is 0.872. The van der Waals surface area contributed by atoms with E-state index in [1.165, 1.54) is 44.9 Å². The van der Waals surface area contributed by atoms with Gasteiger partial charge in [0, 0.05) is 7.05 Å². The van der Waals surface area contributed by atoms with Crippen LogP contribution in [0.5, 0.6) is 5.75 Å². The second-order valence-corrected chi connectivity index (χ2v) is 5.79. The minimum absolute atomic E-state index is 0.276. The summed E-state index contributed by atoms with van der Waals surface area (Å²) in [5.41, 5.74) is 0.952. The van der Waals surface area contributed by atoms with Crippen molar-refractivity contribution in [1.29, 1.82) is 0 Å². The molecular weight excluding hydrogens is 290 g/mol. The van der Waals surface area contributed by atoms with Gasteiger partial charge in [0.15, 0.2) is 0 Å². The minimum atomic E-state index is -0.417. The van der Waals surface area contributed by atoms with Gasteiger partial charge in [-0.3, -0.25) is 0 Å². The van der Waals surface area contributed by atoms with Gasteiger partial charge in [0.1, 0.15) is 12.4 Å². The van der Waals surface area contributed by atoms with Crippen molar-refractivity contribution < 1.29 is 14.3 Å². The Kier molecular flexibility index (Phi) is 10.8. The van der Waals surface area contributed by atoms with E-state index in [-0.39, 0.29) is 6.61 Å². The van der Waals surface area contributed by atoms with Crippen LogP contribution < -0.4 is 10.1 Å². The number of ether oxygens (including phenoxy) is 2. The molecule has 0 aliphatic carbocycles. The Hall–Kier alpha value is -1.71. The van der Waals surface area contributed by atoms with Gasteiger partial charge in [0.25, 0.3) is 0 Å². The lowest BCUT2D eigenvalue weighted by Gasteiger charge is -2.08. The van der Waals surface area contributed by atoms with Crippen LogP contribution in [0.25, 0.3) is 0 Å². The summed E-state index contributed by atoms with van der Waals surface area (Å²) in [4.78, 5) is 11.0. The third kappa shape index (κ3) is 9.82. The van der Waals surface area contributed by atoms with Gasteiger partial charge in [0.05, 0.1) is 6.61 Å². The van der Waals surface area contributed by atoms with Crippen molar-refractivity contribution in [3.8, 4) is 5.75 Å². The second kappa shape index (κ2) is 12.8. The number of hydrogen-bond acceptors (Lipinski definition) is 3. The van der Waals surface area contributed by atoms with E-state index < -0.39 is 6.09 Å². The molecule has 0 aliphatic heterocycles. The molecule has 0 bridgehead atoms. The number of alkyl carbamates (subject to hydrolysis) is 1. The fourth-order valence-corrected chi connectivity index (χ4v) is 2.33. The molecule has 0 saturated heterocycles. The van der Waals surface area contributed by atoms with Gasteiger partial charge in [-0.2, -0.15) is 0 Å². The summed E-state index contributed by atoms with van der Waals surface area (Å²) in [6.07, 6.45) is 10.0. The van der Waals surface area contributed by atoms with E-state index in [0.29, 0.717) is 0 Å². The molecular formula is C19H31NO3. The van der Waals surface area contributed by atoms with E-state index in [1.807, 2.05) is 24.3 Å². The van der Waals surface area contributed by atoms with Crippen LogP contribution in [0.1, 0.15) is 63.9 Å². The monoisotopic (exact) mass is 321 g/mol. The van der Waals surface area contributed by atoms with Gasteiger partial charge in [-0.05, 0) is 24.1 Å². The van der Waals surface area contributed by atoms with Crippen LogP contribution in [-0.4, -0.2) is 19.7 Å². The van der Waals surface area contributed by atoms with Crippen molar-refractivity contribution in [2.45, 2.75) is 64.9 Å². The predicted molar refractivity (Wildman–Crippen MR) is 93.8 cm³/mol. The summed E-state index contributed by atoms with van der Waals surface area (Å²) in [7, 11) is 1.55. The van der Waals surface area contributed by atoms with Crippen molar-refractivity contribution in [2.75, 3.05) is 13.7 Å². The Morgan fingerprint density at radius 1 is 0.957 bits per heavy atom. The van der Waals surface area contributed by atoms with Gasteiger partial charge in [-0.1, -0.05) is 64.0 Å². The average Bonchev–Trinajstić information content (AvgIpc) is 2.59. The van der Waals surface area contributed by atoms with Crippen LogP contribution in [0.4, 0.5) is 4.79 Å². The molecule has 23 heavy (non-hydrogen) atoms. The Morgan fingerprint density at radius 2 is 1.57 bits per heavy atom. The Labute approximate surface area is 140 Å². The maximum absolute atomic E-state index is 11.0. The summed E-state index contributed by atoms with van der Waals surface area (Å²) in [5, 5.41) is 2.42. The number of carbonyl (C=O) groups is 1. The summed E-state index contributed by atoms with van der Waals surface area (Å²) in [6, 6.07) is 7.69. The van der Waals surface area contributed by atoms with Gasteiger partial charge in [0.2, 0.25) is 0 Å². The number of hydrogen-bond donors (Lipinski definition) is 1. The number of nitrogens with one attached hydrogen (secondary N) is 1. The zero-order chi connectivity index (χ0) is 16.8. The summed E-state index contributed by atoms with van der Waals surface area (Å²) in [6.45, 7) is 3.29. The van der Waals surface area contributed by atoms with Crippen molar-refractivity contribution in [3.63, 3.8) is 0 Å². The zero-order valence-corrected chi connectivity index (χ0v) is 14.6. The molecule has 0 aromatic heterocycles. The average molecular weight is 321 g/mol. The first kappa shape index (κ1) is 19.3. The molecule has 0 unspecified atom stereocenters. The third-order valence-corrected chi connectivity index (χ3v) is 3.76. The molecule has 0 spiro atoms. The fourth-order valence-electron chi connectivity index (χ4n) is 2.33. The highest BCUT2D eigenvalue weighted by Gasteiger charge is 2.00. The molecule has 130 valence electrons. The van der Waals surface area contributed by atoms with Crippen LogP contribution in [0.15, 0.2) is 24.3 Å². The molecule has 4 nitrogen and oxygen atoms in total. The first-order valence-electron chi connectivity index (χ1n) is 8.82. The molecule has 4 heteroatoms. The van der Waals surface area contributed by atoms with Crippen molar-refractivity contribution >= 4 is 6.09 Å². The molecule has 1 amide bonds. The number of rotatable bonds is 12. The first-order chi connectivity index (χ1) is 11.3. The molecule has 1 N–H and O–H groups in total. The van der Waals surface area contributed by atoms with Gasteiger partial charge in [-0.15, -0.1) is 0 Å². The van der Waals surface area contributed by atoms with Gasteiger partial charge < -0.3 is 14.8 Å². The van der Waals surface area contributed by atoms with E-state index in [1.54, 1.807) is 7.05 Å². The van der Waals surface area contributed by atoms with E-state index >= 15 is 0 Å². The minimum Gasteiger partial charge on any atom is -0.494 e. The highest BCUT2D eigenvalue weighted by atomic mass is 16.5. The highest BCUT2D eigenvalue weighted by Crippen LogP contribution is 2.14. The Bertz CT molecular complexity index is 417. The van der Waals surface area contributed by atoms with Crippen molar-refractivity contribution in [3.05, 3.63) is 29.8 Å². The first-order valence-corrected chi connectivity index (χ1v) is 8.82. The largest absolute Gasteiger partial charge is 0.494 e. The smallest absolute Gasteiger partial charge is 0.407 e. The number of benzene rings is 1. The summed E-state index contributed by atoms with van der Waals surface area (Å²) >= 11 is 0. The molecule has 0 heterocycles. The van der Waals surface area contributed by atoms with Crippen molar-refractivity contribution in [1.82, 2.24) is 5.32 Å². The lowest BCUT2D eigenvalue weighted by molar-refractivity contribution is 0.142. The van der Waals surface area contributed by atoms with E-state index in [9.17, 15) is 4.79 Å². The quantitative estimate of drug-likeness (QED) is 0.547. The van der Waals surface area contributed by atoms with Crippen LogP contribution in [0, 0.1) is 0 Å². The van der Waals surface area contributed by atoms with Crippen LogP contribution in [-0.2, 0) is 11.3 Å². The molecule has 0 radical (unpaired) electrons. The van der Waals surface area contributed by atoms with Gasteiger partial charge >= 0.3 is 6.09 Å². The number of carbonyl (C=O) groups excluding carboxylic acids is 1. The third-order valence-electron chi connectivity index (χ3n) is 3.76.